The molecule has 3 heterocycles. The zero-order chi connectivity index (χ0) is 18.1. The Kier molecular flexibility index (Phi) is 18.0. The van der Waals surface area contributed by atoms with Crippen LogP contribution in [0.5, 0.6) is 0 Å². The molecular formula is C18H36N2O6Y+3. The molecule has 0 aromatic rings. The van der Waals surface area contributed by atoms with Crippen LogP contribution in [-0.2, 0) is 61.1 Å². The minimum absolute atomic E-state index is 0. The third-order valence-corrected chi connectivity index (χ3v) is 4.43. The first kappa shape index (κ1) is 25.8. The molecule has 0 saturated carbocycles. The van der Waals surface area contributed by atoms with Gasteiger partial charge in [-0.3, -0.25) is 9.80 Å². The SMILES string of the molecule is C1COCCN2CCOCCOCCN(CCO1)CCOCCOCC2.[Y+3]. The van der Waals surface area contributed by atoms with Crippen LogP contribution >= 0.6 is 0 Å². The molecule has 9 heteroatoms. The van der Waals surface area contributed by atoms with E-state index < -0.39 is 0 Å². The van der Waals surface area contributed by atoms with Crippen LogP contribution in [-0.4, -0.2) is 128 Å². The van der Waals surface area contributed by atoms with E-state index >= 15 is 0 Å². The van der Waals surface area contributed by atoms with E-state index in [4.69, 9.17) is 28.4 Å². The van der Waals surface area contributed by atoms with Gasteiger partial charge in [-0.1, -0.05) is 0 Å². The molecule has 3 aliphatic heterocycles. The van der Waals surface area contributed by atoms with Crippen LogP contribution in [0.4, 0.5) is 0 Å². The average molecular weight is 465 g/mol. The van der Waals surface area contributed by atoms with Crippen molar-refractivity contribution >= 4 is 0 Å². The van der Waals surface area contributed by atoms with Crippen LogP contribution in [0.3, 0.4) is 0 Å². The van der Waals surface area contributed by atoms with Gasteiger partial charge in [-0.05, 0) is 0 Å². The van der Waals surface area contributed by atoms with Gasteiger partial charge in [0.2, 0.25) is 0 Å². The van der Waals surface area contributed by atoms with Crippen LogP contribution in [0.15, 0.2) is 0 Å². The summed E-state index contributed by atoms with van der Waals surface area (Å²) >= 11 is 0. The fourth-order valence-corrected chi connectivity index (χ4v) is 2.80. The average Bonchev–Trinajstić information content (AvgIpc) is 2.65. The van der Waals surface area contributed by atoms with E-state index in [9.17, 15) is 0 Å². The Hall–Kier alpha value is 0.784. The number of ether oxygens (including phenoxy) is 6. The second-order valence-corrected chi connectivity index (χ2v) is 6.36. The maximum absolute atomic E-state index is 5.70. The summed E-state index contributed by atoms with van der Waals surface area (Å²) in [5, 5.41) is 0. The predicted molar refractivity (Wildman–Crippen MR) is 97.8 cm³/mol. The first-order chi connectivity index (χ1) is 12.9. The van der Waals surface area contributed by atoms with E-state index in [2.05, 4.69) is 9.80 Å². The molecule has 0 unspecified atom stereocenters. The Morgan fingerprint density at radius 3 is 0.667 bits per heavy atom. The van der Waals surface area contributed by atoms with E-state index in [0.29, 0.717) is 79.3 Å². The fourth-order valence-electron chi connectivity index (χ4n) is 2.80. The van der Waals surface area contributed by atoms with Crippen LogP contribution in [0.25, 0.3) is 0 Å². The van der Waals surface area contributed by atoms with Crippen molar-refractivity contribution in [2.24, 2.45) is 0 Å². The molecule has 3 saturated heterocycles. The molecule has 0 radical (unpaired) electrons. The van der Waals surface area contributed by atoms with Crippen molar-refractivity contribution in [2.75, 3.05) is 119 Å². The first-order valence-electron chi connectivity index (χ1n) is 9.86. The molecule has 0 aromatic heterocycles. The van der Waals surface area contributed by atoms with Crippen molar-refractivity contribution in [1.29, 1.82) is 0 Å². The normalized spacial score (nSPS) is 29.3. The van der Waals surface area contributed by atoms with Crippen LogP contribution < -0.4 is 0 Å². The number of nitrogens with zero attached hydrogens (tertiary/aromatic N) is 2. The first-order valence-corrected chi connectivity index (χ1v) is 9.86. The zero-order valence-corrected chi connectivity index (χ0v) is 19.5. The van der Waals surface area contributed by atoms with Crippen LogP contribution in [0.2, 0.25) is 0 Å². The maximum atomic E-state index is 5.70. The van der Waals surface area contributed by atoms with Gasteiger partial charge >= 0.3 is 32.7 Å². The van der Waals surface area contributed by atoms with Crippen LogP contribution in [0, 0.1) is 0 Å². The van der Waals surface area contributed by atoms with Crippen molar-refractivity contribution in [3.8, 4) is 0 Å². The third-order valence-electron chi connectivity index (χ3n) is 4.43. The van der Waals surface area contributed by atoms with E-state index in [1.807, 2.05) is 0 Å². The van der Waals surface area contributed by atoms with Gasteiger partial charge in [0.25, 0.3) is 0 Å². The Morgan fingerprint density at radius 2 is 0.481 bits per heavy atom. The van der Waals surface area contributed by atoms with Crippen molar-refractivity contribution in [3.63, 3.8) is 0 Å². The Morgan fingerprint density at radius 1 is 0.296 bits per heavy atom. The number of hydrogen-bond acceptors (Lipinski definition) is 8. The molecule has 0 N–H and O–H groups in total. The predicted octanol–water partition coefficient (Wildman–Crippen LogP) is -0.285. The summed E-state index contributed by atoms with van der Waals surface area (Å²) in [5.41, 5.74) is 0. The summed E-state index contributed by atoms with van der Waals surface area (Å²) in [7, 11) is 0. The smallest absolute Gasteiger partial charge is 0.378 e. The monoisotopic (exact) mass is 465 g/mol. The van der Waals surface area contributed by atoms with Crippen molar-refractivity contribution in [1.82, 2.24) is 9.80 Å². The minimum Gasteiger partial charge on any atom is -0.378 e. The van der Waals surface area contributed by atoms with E-state index in [1.54, 1.807) is 0 Å². The van der Waals surface area contributed by atoms with E-state index in [1.165, 1.54) is 0 Å². The summed E-state index contributed by atoms with van der Waals surface area (Å²) in [6, 6.07) is 0. The molecule has 27 heavy (non-hydrogen) atoms. The minimum atomic E-state index is 0. The quantitative estimate of drug-likeness (QED) is 0.484. The van der Waals surface area contributed by atoms with Gasteiger partial charge < -0.3 is 28.4 Å². The largest absolute Gasteiger partial charge is 3.00 e. The fraction of sp³-hybridized carbons (Fsp3) is 1.00. The molecule has 3 aliphatic rings. The topological polar surface area (TPSA) is 61.9 Å². The second kappa shape index (κ2) is 18.8. The molecule has 2 bridgehead atoms. The summed E-state index contributed by atoms with van der Waals surface area (Å²) in [5.74, 6) is 0. The van der Waals surface area contributed by atoms with Gasteiger partial charge in [-0.2, -0.15) is 0 Å². The van der Waals surface area contributed by atoms with Crippen molar-refractivity contribution < 1.29 is 61.1 Å². The molecule has 3 rings (SSSR count). The number of fused-ring (bicyclic) bond motifs is 21. The van der Waals surface area contributed by atoms with Crippen LogP contribution in [0.1, 0.15) is 0 Å². The standard InChI is InChI=1S/C18H36N2O6.Y/c1-7-21-13-14-24-10-4-20-5-11-25-17-15-22-8-2-19(1)3-9-23-16-18-26-12-6-20;/h1-18H2;/q;+3. The number of hydrogen-bond donors (Lipinski definition) is 0. The summed E-state index contributed by atoms with van der Waals surface area (Å²) < 4.78 is 34.2. The van der Waals surface area contributed by atoms with Gasteiger partial charge in [0, 0.05) is 39.3 Å². The summed E-state index contributed by atoms with van der Waals surface area (Å²) in [6.45, 7) is 13.2. The molecule has 0 amide bonds. The second-order valence-electron chi connectivity index (χ2n) is 6.36. The molecule has 0 aliphatic carbocycles. The Balaban J connectivity index is 0.00000364. The molecular weight excluding hydrogens is 429 g/mol. The molecule has 3 fully saturated rings. The molecule has 0 spiro atoms. The van der Waals surface area contributed by atoms with Crippen molar-refractivity contribution in [3.05, 3.63) is 0 Å². The van der Waals surface area contributed by atoms with Gasteiger partial charge in [-0.15, -0.1) is 0 Å². The third kappa shape index (κ3) is 14.4. The van der Waals surface area contributed by atoms with Gasteiger partial charge in [0.15, 0.2) is 0 Å². The summed E-state index contributed by atoms with van der Waals surface area (Å²) in [4.78, 5) is 4.62. The Labute approximate surface area is 189 Å². The van der Waals surface area contributed by atoms with E-state index in [0.717, 1.165) is 39.3 Å². The number of rotatable bonds is 0. The molecule has 0 atom stereocenters. The summed E-state index contributed by atoms with van der Waals surface area (Å²) in [6.07, 6.45) is 0. The van der Waals surface area contributed by atoms with Gasteiger partial charge in [0.05, 0.1) is 79.3 Å². The molecule has 8 nitrogen and oxygen atoms in total. The molecule has 0 aromatic carbocycles. The van der Waals surface area contributed by atoms with E-state index in [-0.39, 0.29) is 32.7 Å². The Bertz CT molecular complexity index is 253. The molecule has 154 valence electrons. The zero-order valence-electron chi connectivity index (χ0n) is 16.6. The van der Waals surface area contributed by atoms with Crippen molar-refractivity contribution in [2.45, 2.75) is 0 Å². The maximum Gasteiger partial charge on any atom is 3.00 e. The van der Waals surface area contributed by atoms with Gasteiger partial charge in [-0.25, -0.2) is 0 Å². The van der Waals surface area contributed by atoms with Gasteiger partial charge in [0.1, 0.15) is 0 Å².